The Labute approximate surface area is 84.6 Å². The van der Waals surface area contributed by atoms with Crippen molar-refractivity contribution in [1.82, 2.24) is 0 Å². The van der Waals surface area contributed by atoms with Crippen molar-refractivity contribution in [1.29, 1.82) is 0 Å². The smallest absolute Gasteiger partial charge is 0.223 e. The van der Waals surface area contributed by atoms with Crippen LogP contribution in [0.15, 0.2) is 12.3 Å². The molecule has 1 heterocycles. The minimum atomic E-state index is -0.0666. The monoisotopic (exact) mass is 196 g/mol. The van der Waals surface area contributed by atoms with Crippen molar-refractivity contribution < 1.29 is 14.8 Å². The Morgan fingerprint density at radius 3 is 2.07 bits per heavy atom. The summed E-state index contributed by atoms with van der Waals surface area (Å²) in [6.07, 6.45) is 1.58. The van der Waals surface area contributed by atoms with Gasteiger partial charge < -0.3 is 10.2 Å². The fraction of sp³-hybridized carbons (Fsp3) is 0.545. The molecule has 0 aliphatic heterocycles. The van der Waals surface area contributed by atoms with Crippen LogP contribution in [0.2, 0.25) is 0 Å². The van der Waals surface area contributed by atoms with Crippen LogP contribution < -0.4 is 4.57 Å². The molecule has 0 fully saturated rings. The zero-order chi connectivity index (χ0) is 10.9. The maximum atomic E-state index is 9.39. The first-order chi connectivity index (χ1) is 6.43. The average Bonchev–Trinajstić information content (AvgIpc) is 2.08. The lowest BCUT2D eigenvalue weighted by molar-refractivity contribution is -0.724. The van der Waals surface area contributed by atoms with Crippen molar-refractivity contribution in [3.63, 3.8) is 0 Å². The van der Waals surface area contributed by atoms with Gasteiger partial charge in [-0.2, -0.15) is 4.57 Å². The third-order valence-electron chi connectivity index (χ3n) is 2.25. The summed E-state index contributed by atoms with van der Waals surface area (Å²) in [5.74, 6) is 0.206. The first-order valence-corrected chi connectivity index (χ1v) is 4.90. The standard InChI is InChI=1S/C11H17NO2/c1-7(2)9-5-10(13)11(14)6-12(9)8(3)4/h5-8,14H,1-4H3/p+1. The Kier molecular flexibility index (Phi) is 2.99. The molecule has 0 aliphatic rings. The maximum absolute atomic E-state index is 9.39. The SMILES string of the molecule is CC(C)c1cc(O)c(O)c[n+]1C(C)C. The summed E-state index contributed by atoms with van der Waals surface area (Å²) in [6.45, 7) is 8.21. The molecule has 1 aromatic rings. The fourth-order valence-electron chi connectivity index (χ4n) is 1.47. The Morgan fingerprint density at radius 1 is 1.07 bits per heavy atom. The van der Waals surface area contributed by atoms with E-state index in [2.05, 4.69) is 13.8 Å². The molecule has 3 heteroatoms. The van der Waals surface area contributed by atoms with Gasteiger partial charge >= 0.3 is 0 Å². The Hall–Kier alpha value is -1.25. The summed E-state index contributed by atoms with van der Waals surface area (Å²) in [7, 11) is 0. The minimum absolute atomic E-state index is 0.0504. The van der Waals surface area contributed by atoms with Gasteiger partial charge in [-0.3, -0.25) is 0 Å². The number of rotatable bonds is 2. The normalized spacial score (nSPS) is 11.3. The summed E-state index contributed by atoms with van der Waals surface area (Å²) < 4.78 is 1.97. The zero-order valence-electron chi connectivity index (χ0n) is 9.15. The molecule has 0 spiro atoms. The van der Waals surface area contributed by atoms with Crippen molar-refractivity contribution in [3.8, 4) is 11.5 Å². The van der Waals surface area contributed by atoms with E-state index in [4.69, 9.17) is 0 Å². The van der Waals surface area contributed by atoms with Crippen molar-refractivity contribution in [2.75, 3.05) is 0 Å². The van der Waals surface area contributed by atoms with E-state index in [0.717, 1.165) is 5.69 Å². The number of nitrogens with zero attached hydrogens (tertiary/aromatic N) is 1. The lowest BCUT2D eigenvalue weighted by atomic mass is 10.1. The summed E-state index contributed by atoms with van der Waals surface area (Å²) >= 11 is 0. The van der Waals surface area contributed by atoms with Gasteiger partial charge in [0.2, 0.25) is 11.9 Å². The maximum Gasteiger partial charge on any atom is 0.223 e. The van der Waals surface area contributed by atoms with Crippen molar-refractivity contribution >= 4 is 0 Å². The van der Waals surface area contributed by atoms with Crippen LogP contribution in [0, 0.1) is 0 Å². The first kappa shape index (κ1) is 10.8. The van der Waals surface area contributed by atoms with Gasteiger partial charge in [-0.25, -0.2) is 0 Å². The van der Waals surface area contributed by atoms with Gasteiger partial charge in [-0.05, 0) is 13.8 Å². The predicted molar refractivity (Wildman–Crippen MR) is 54.4 cm³/mol. The van der Waals surface area contributed by atoms with Gasteiger partial charge in [0.25, 0.3) is 0 Å². The third kappa shape index (κ3) is 1.97. The molecular formula is C11H18NO2+. The molecule has 2 N–H and O–H groups in total. The second kappa shape index (κ2) is 3.86. The van der Waals surface area contributed by atoms with Crippen LogP contribution in [-0.2, 0) is 0 Å². The highest BCUT2D eigenvalue weighted by molar-refractivity contribution is 5.34. The summed E-state index contributed by atoms with van der Waals surface area (Å²) in [5, 5.41) is 18.8. The molecule has 0 aromatic carbocycles. The molecule has 78 valence electrons. The van der Waals surface area contributed by atoms with Crippen LogP contribution in [0.1, 0.15) is 45.3 Å². The molecule has 0 saturated heterocycles. The van der Waals surface area contributed by atoms with Gasteiger partial charge in [0.15, 0.2) is 17.5 Å². The molecule has 1 rings (SSSR count). The highest BCUT2D eigenvalue weighted by Gasteiger charge is 2.20. The lowest BCUT2D eigenvalue weighted by Crippen LogP contribution is -2.40. The highest BCUT2D eigenvalue weighted by Crippen LogP contribution is 2.26. The number of hydrogen-bond acceptors (Lipinski definition) is 2. The topological polar surface area (TPSA) is 44.3 Å². The molecular weight excluding hydrogens is 178 g/mol. The van der Waals surface area contributed by atoms with Gasteiger partial charge in [-0.1, -0.05) is 13.8 Å². The molecule has 3 nitrogen and oxygen atoms in total. The lowest BCUT2D eigenvalue weighted by Gasteiger charge is -2.10. The van der Waals surface area contributed by atoms with Crippen molar-refractivity contribution in [2.24, 2.45) is 0 Å². The van der Waals surface area contributed by atoms with E-state index < -0.39 is 0 Å². The molecule has 0 saturated carbocycles. The molecule has 1 aromatic heterocycles. The molecule has 0 amide bonds. The third-order valence-corrected chi connectivity index (χ3v) is 2.25. The largest absolute Gasteiger partial charge is 0.504 e. The van der Waals surface area contributed by atoms with Crippen LogP contribution in [0.3, 0.4) is 0 Å². The Bertz CT molecular complexity index is 299. The predicted octanol–water partition coefficient (Wildman–Crippen LogP) is 2.09. The molecule has 0 bridgehead atoms. The van der Waals surface area contributed by atoms with Crippen LogP contribution in [0.5, 0.6) is 11.5 Å². The summed E-state index contributed by atoms with van der Waals surface area (Å²) in [5.41, 5.74) is 1.02. The molecule has 0 unspecified atom stereocenters. The van der Waals surface area contributed by atoms with E-state index in [1.807, 2.05) is 18.4 Å². The second-order valence-electron chi connectivity index (χ2n) is 4.12. The Morgan fingerprint density at radius 2 is 1.64 bits per heavy atom. The minimum Gasteiger partial charge on any atom is -0.504 e. The Balaban J connectivity index is 3.31. The quantitative estimate of drug-likeness (QED) is 0.711. The van der Waals surface area contributed by atoms with E-state index in [1.165, 1.54) is 0 Å². The van der Waals surface area contributed by atoms with Gasteiger partial charge in [0, 0.05) is 5.92 Å². The number of hydrogen-bond donors (Lipinski definition) is 2. The molecule has 0 aliphatic carbocycles. The van der Waals surface area contributed by atoms with Crippen LogP contribution in [-0.4, -0.2) is 10.2 Å². The van der Waals surface area contributed by atoms with Crippen molar-refractivity contribution in [2.45, 2.75) is 39.7 Å². The van der Waals surface area contributed by atoms with Gasteiger partial charge in [0.05, 0.1) is 6.07 Å². The number of pyridine rings is 1. The van der Waals surface area contributed by atoms with E-state index in [1.54, 1.807) is 12.3 Å². The van der Waals surface area contributed by atoms with Gasteiger partial charge in [-0.15, -0.1) is 0 Å². The summed E-state index contributed by atoms with van der Waals surface area (Å²) in [4.78, 5) is 0. The molecule has 0 radical (unpaired) electrons. The first-order valence-electron chi connectivity index (χ1n) is 4.90. The van der Waals surface area contributed by atoms with Gasteiger partial charge in [0.1, 0.15) is 0 Å². The van der Waals surface area contributed by atoms with Crippen LogP contribution >= 0.6 is 0 Å². The van der Waals surface area contributed by atoms with E-state index >= 15 is 0 Å². The van der Waals surface area contributed by atoms with Crippen LogP contribution in [0.4, 0.5) is 0 Å². The number of aromatic hydroxyl groups is 2. The molecule has 14 heavy (non-hydrogen) atoms. The van der Waals surface area contributed by atoms with E-state index in [9.17, 15) is 10.2 Å². The van der Waals surface area contributed by atoms with Crippen molar-refractivity contribution in [3.05, 3.63) is 18.0 Å². The van der Waals surface area contributed by atoms with Crippen LogP contribution in [0.25, 0.3) is 0 Å². The van der Waals surface area contributed by atoms with E-state index in [0.29, 0.717) is 5.92 Å². The molecule has 0 atom stereocenters. The van der Waals surface area contributed by atoms with E-state index in [-0.39, 0.29) is 17.5 Å². The fourth-order valence-corrected chi connectivity index (χ4v) is 1.47. The number of aromatic nitrogens is 1. The highest BCUT2D eigenvalue weighted by atomic mass is 16.3. The second-order valence-corrected chi connectivity index (χ2v) is 4.12. The summed E-state index contributed by atoms with van der Waals surface area (Å²) in [6, 6.07) is 1.90. The average molecular weight is 196 g/mol. The zero-order valence-corrected chi connectivity index (χ0v) is 9.15.